The molecule has 6 heteroatoms. The third-order valence-corrected chi connectivity index (χ3v) is 3.95. The molecule has 96 valence electrons. The topological polar surface area (TPSA) is 87.7 Å². The molecule has 2 aromatic heterocycles. The standard InChI is InChI=1S/C13H12N4OS/c1-2-9-11-10(7-3-4-19-6-7)8(5-14)12(15)18-13(11)17-16-9/h3-4,6,10H,2,15H2,1H3,(H,16,17)/t10-/m0/s1. The zero-order valence-electron chi connectivity index (χ0n) is 10.3. The number of nitrogens with two attached hydrogens (primary N) is 1. The normalized spacial score (nSPS) is 17.8. The van der Waals surface area contributed by atoms with Gasteiger partial charge in [0.25, 0.3) is 0 Å². The second kappa shape index (κ2) is 4.44. The van der Waals surface area contributed by atoms with Gasteiger partial charge in [-0.05, 0) is 28.8 Å². The number of nitrogens with zero attached hydrogens (tertiary/aromatic N) is 2. The quantitative estimate of drug-likeness (QED) is 0.877. The number of aromatic nitrogens is 2. The summed E-state index contributed by atoms with van der Waals surface area (Å²) < 4.78 is 5.44. The summed E-state index contributed by atoms with van der Waals surface area (Å²) in [4.78, 5) is 0. The van der Waals surface area contributed by atoms with Crippen LogP contribution in [0.25, 0.3) is 0 Å². The monoisotopic (exact) mass is 272 g/mol. The number of ether oxygens (including phenoxy) is 1. The van der Waals surface area contributed by atoms with E-state index in [2.05, 4.69) is 16.3 Å². The number of rotatable bonds is 2. The van der Waals surface area contributed by atoms with Crippen LogP contribution in [0.5, 0.6) is 5.88 Å². The van der Waals surface area contributed by atoms with Crippen LogP contribution >= 0.6 is 11.3 Å². The molecule has 3 rings (SSSR count). The molecule has 0 amide bonds. The third-order valence-electron chi connectivity index (χ3n) is 3.25. The van der Waals surface area contributed by atoms with Gasteiger partial charge in [-0.1, -0.05) is 6.92 Å². The van der Waals surface area contributed by atoms with Crippen LogP contribution in [-0.2, 0) is 6.42 Å². The van der Waals surface area contributed by atoms with Crippen LogP contribution in [0.2, 0.25) is 0 Å². The fourth-order valence-electron chi connectivity index (χ4n) is 2.35. The van der Waals surface area contributed by atoms with E-state index in [0.29, 0.717) is 11.5 Å². The van der Waals surface area contributed by atoms with Gasteiger partial charge < -0.3 is 10.5 Å². The molecule has 1 atom stereocenters. The van der Waals surface area contributed by atoms with E-state index in [9.17, 15) is 5.26 Å². The van der Waals surface area contributed by atoms with Crippen LogP contribution in [0.3, 0.4) is 0 Å². The average Bonchev–Trinajstić information content (AvgIpc) is 3.05. The van der Waals surface area contributed by atoms with Gasteiger partial charge in [-0.15, -0.1) is 5.10 Å². The number of hydrogen-bond acceptors (Lipinski definition) is 5. The molecule has 3 heterocycles. The molecule has 0 unspecified atom stereocenters. The minimum absolute atomic E-state index is 0.139. The average molecular weight is 272 g/mol. The van der Waals surface area contributed by atoms with E-state index in [1.54, 1.807) is 11.3 Å². The molecule has 19 heavy (non-hydrogen) atoms. The highest BCUT2D eigenvalue weighted by atomic mass is 32.1. The molecule has 0 fully saturated rings. The fraction of sp³-hybridized carbons (Fsp3) is 0.231. The van der Waals surface area contributed by atoms with Crippen molar-refractivity contribution in [1.29, 1.82) is 5.26 Å². The predicted molar refractivity (Wildman–Crippen MR) is 71.6 cm³/mol. The van der Waals surface area contributed by atoms with Gasteiger partial charge in [0.15, 0.2) is 0 Å². The number of hydrogen-bond donors (Lipinski definition) is 2. The van der Waals surface area contributed by atoms with E-state index < -0.39 is 0 Å². The molecule has 3 N–H and O–H groups in total. The summed E-state index contributed by atoms with van der Waals surface area (Å²) in [6.45, 7) is 2.03. The Labute approximate surface area is 114 Å². The summed E-state index contributed by atoms with van der Waals surface area (Å²) in [6.07, 6.45) is 0.797. The van der Waals surface area contributed by atoms with Crippen LogP contribution in [0.4, 0.5) is 0 Å². The van der Waals surface area contributed by atoms with Crippen LogP contribution in [0.15, 0.2) is 28.3 Å². The largest absolute Gasteiger partial charge is 0.420 e. The van der Waals surface area contributed by atoms with Gasteiger partial charge in [0.05, 0.1) is 5.92 Å². The number of aromatic amines is 1. The van der Waals surface area contributed by atoms with Crippen molar-refractivity contribution in [3.05, 3.63) is 45.1 Å². The van der Waals surface area contributed by atoms with Crippen LogP contribution < -0.4 is 10.5 Å². The van der Waals surface area contributed by atoms with Gasteiger partial charge in [0.2, 0.25) is 11.8 Å². The van der Waals surface area contributed by atoms with Crippen molar-refractivity contribution in [2.45, 2.75) is 19.3 Å². The minimum atomic E-state index is -0.186. The first-order chi connectivity index (χ1) is 9.26. The molecule has 5 nitrogen and oxygen atoms in total. The first-order valence-corrected chi connectivity index (χ1v) is 6.87. The van der Waals surface area contributed by atoms with Gasteiger partial charge in [-0.3, -0.25) is 5.10 Å². The summed E-state index contributed by atoms with van der Waals surface area (Å²) in [5.41, 5.74) is 9.23. The van der Waals surface area contributed by atoms with Crippen molar-refractivity contribution in [1.82, 2.24) is 10.2 Å². The number of fused-ring (bicyclic) bond motifs is 1. The van der Waals surface area contributed by atoms with Crippen molar-refractivity contribution in [2.24, 2.45) is 5.73 Å². The Morgan fingerprint density at radius 2 is 2.47 bits per heavy atom. The Morgan fingerprint density at radius 3 is 3.11 bits per heavy atom. The lowest BCUT2D eigenvalue weighted by molar-refractivity contribution is 0.379. The van der Waals surface area contributed by atoms with Gasteiger partial charge >= 0.3 is 0 Å². The summed E-state index contributed by atoms with van der Waals surface area (Å²) in [5.74, 6) is 0.429. The SMILES string of the molecule is CCc1[nH]nc2c1[C@@H](c1ccsc1)C(C#N)=C(N)O2. The Hall–Kier alpha value is -2.26. The van der Waals surface area contributed by atoms with Crippen LogP contribution in [0.1, 0.15) is 29.7 Å². The first kappa shape index (κ1) is 11.8. The van der Waals surface area contributed by atoms with Gasteiger partial charge in [0.1, 0.15) is 11.6 Å². The van der Waals surface area contributed by atoms with E-state index in [1.165, 1.54) is 0 Å². The van der Waals surface area contributed by atoms with Crippen molar-refractivity contribution in [2.75, 3.05) is 0 Å². The summed E-state index contributed by atoms with van der Waals surface area (Å²) in [7, 11) is 0. The zero-order chi connectivity index (χ0) is 13.4. The highest BCUT2D eigenvalue weighted by Crippen LogP contribution is 2.43. The van der Waals surface area contributed by atoms with Crippen molar-refractivity contribution in [3.63, 3.8) is 0 Å². The summed E-state index contributed by atoms with van der Waals surface area (Å²) in [6, 6.07) is 4.17. The Kier molecular flexibility index (Phi) is 2.76. The molecule has 1 aliphatic rings. The lowest BCUT2D eigenvalue weighted by atomic mass is 9.85. The lowest BCUT2D eigenvalue weighted by Crippen LogP contribution is -2.20. The Morgan fingerprint density at radius 1 is 1.63 bits per heavy atom. The van der Waals surface area contributed by atoms with Crippen molar-refractivity contribution < 1.29 is 4.74 Å². The van der Waals surface area contributed by atoms with E-state index in [0.717, 1.165) is 23.2 Å². The number of nitrogens with one attached hydrogen (secondary N) is 1. The molecule has 0 aromatic carbocycles. The van der Waals surface area contributed by atoms with Gasteiger partial charge in [0, 0.05) is 11.3 Å². The molecule has 0 radical (unpaired) electrons. The van der Waals surface area contributed by atoms with Crippen molar-refractivity contribution in [3.8, 4) is 11.9 Å². The van der Waals surface area contributed by atoms with Crippen LogP contribution in [0, 0.1) is 11.3 Å². The van der Waals surface area contributed by atoms with E-state index in [-0.39, 0.29) is 11.8 Å². The molecule has 0 aliphatic carbocycles. The Balaban J connectivity index is 2.24. The summed E-state index contributed by atoms with van der Waals surface area (Å²) in [5, 5.41) is 20.5. The van der Waals surface area contributed by atoms with Crippen LogP contribution in [-0.4, -0.2) is 10.2 Å². The molecule has 0 saturated carbocycles. The lowest BCUT2D eigenvalue weighted by Gasteiger charge is -2.22. The number of aryl methyl sites for hydroxylation is 1. The van der Waals surface area contributed by atoms with E-state index in [1.807, 2.05) is 23.8 Å². The maximum atomic E-state index is 9.36. The molecule has 0 bridgehead atoms. The molecule has 2 aromatic rings. The molecule has 0 saturated heterocycles. The molecular weight excluding hydrogens is 260 g/mol. The maximum absolute atomic E-state index is 9.36. The molecule has 1 aliphatic heterocycles. The smallest absolute Gasteiger partial charge is 0.244 e. The second-order valence-electron chi connectivity index (χ2n) is 4.26. The number of thiophene rings is 1. The Bertz CT molecular complexity index is 678. The maximum Gasteiger partial charge on any atom is 0.244 e. The fourth-order valence-corrected chi connectivity index (χ4v) is 3.04. The van der Waals surface area contributed by atoms with E-state index in [4.69, 9.17) is 10.5 Å². The highest BCUT2D eigenvalue weighted by Gasteiger charge is 2.34. The highest BCUT2D eigenvalue weighted by molar-refractivity contribution is 7.08. The third kappa shape index (κ3) is 1.71. The number of allylic oxidation sites excluding steroid dienone is 1. The van der Waals surface area contributed by atoms with Crippen molar-refractivity contribution >= 4 is 11.3 Å². The number of nitriles is 1. The van der Waals surface area contributed by atoms with E-state index >= 15 is 0 Å². The van der Waals surface area contributed by atoms with Gasteiger partial charge in [-0.25, -0.2) is 0 Å². The summed E-state index contributed by atoms with van der Waals surface area (Å²) >= 11 is 1.59. The minimum Gasteiger partial charge on any atom is -0.420 e. The number of H-pyrrole nitrogens is 1. The molecule has 0 spiro atoms. The second-order valence-corrected chi connectivity index (χ2v) is 5.04. The predicted octanol–water partition coefficient (Wildman–Crippen LogP) is 2.25. The van der Waals surface area contributed by atoms with Gasteiger partial charge in [-0.2, -0.15) is 16.6 Å². The molecular formula is C13H12N4OS. The zero-order valence-corrected chi connectivity index (χ0v) is 11.1. The first-order valence-electron chi connectivity index (χ1n) is 5.93.